The molecule has 6 heteroatoms. The first-order valence-electron chi connectivity index (χ1n) is 6.69. The number of rotatable bonds is 2. The Morgan fingerprint density at radius 3 is 2.79 bits per heavy atom. The van der Waals surface area contributed by atoms with Crippen molar-refractivity contribution in [2.75, 3.05) is 18.0 Å². The van der Waals surface area contributed by atoms with Crippen molar-refractivity contribution in [3.05, 3.63) is 12.0 Å². The summed E-state index contributed by atoms with van der Waals surface area (Å²) in [7, 11) is 1.89. The molecule has 0 aliphatic carbocycles. The highest BCUT2D eigenvalue weighted by Gasteiger charge is 2.25. The molecule has 3 heterocycles. The molecule has 6 nitrogen and oxygen atoms in total. The molecule has 1 aliphatic heterocycles. The molecule has 1 N–H and O–H groups in total. The molecule has 0 saturated carbocycles. The van der Waals surface area contributed by atoms with Gasteiger partial charge in [0.25, 0.3) is 0 Å². The smallest absolute Gasteiger partial charge is 0.163 e. The zero-order valence-electron chi connectivity index (χ0n) is 11.5. The number of aromatic nitrogens is 4. The topological polar surface area (TPSA) is 67.1 Å². The summed E-state index contributed by atoms with van der Waals surface area (Å²) < 4.78 is 1.78. The number of hydrogen-bond donors (Lipinski definition) is 1. The molecule has 19 heavy (non-hydrogen) atoms. The predicted molar refractivity (Wildman–Crippen MR) is 73.2 cm³/mol. The van der Waals surface area contributed by atoms with E-state index in [9.17, 15) is 5.11 Å². The molecule has 2 aromatic rings. The molecule has 1 aliphatic rings. The van der Waals surface area contributed by atoms with Crippen molar-refractivity contribution >= 4 is 16.9 Å². The Bertz CT molecular complexity index is 606. The van der Waals surface area contributed by atoms with Gasteiger partial charge < -0.3 is 10.0 Å². The first kappa shape index (κ1) is 12.3. The van der Waals surface area contributed by atoms with Gasteiger partial charge in [-0.1, -0.05) is 13.8 Å². The van der Waals surface area contributed by atoms with Crippen LogP contribution in [0.15, 0.2) is 6.20 Å². The van der Waals surface area contributed by atoms with Gasteiger partial charge in [0.05, 0.1) is 17.7 Å². The third-order valence-corrected chi connectivity index (χ3v) is 3.57. The van der Waals surface area contributed by atoms with E-state index in [0.717, 1.165) is 35.6 Å². The van der Waals surface area contributed by atoms with E-state index < -0.39 is 0 Å². The molecule has 0 unspecified atom stereocenters. The van der Waals surface area contributed by atoms with Gasteiger partial charge in [-0.05, 0) is 6.42 Å². The van der Waals surface area contributed by atoms with Crippen LogP contribution >= 0.6 is 0 Å². The van der Waals surface area contributed by atoms with Crippen molar-refractivity contribution in [1.82, 2.24) is 19.7 Å². The van der Waals surface area contributed by atoms with Crippen molar-refractivity contribution in [2.24, 2.45) is 7.05 Å². The monoisotopic (exact) mass is 261 g/mol. The van der Waals surface area contributed by atoms with Gasteiger partial charge in [-0.15, -0.1) is 0 Å². The highest BCUT2D eigenvalue weighted by molar-refractivity contribution is 5.87. The van der Waals surface area contributed by atoms with Crippen LogP contribution in [0.5, 0.6) is 0 Å². The third kappa shape index (κ3) is 2.06. The lowest BCUT2D eigenvalue weighted by Crippen LogP contribution is -2.23. The van der Waals surface area contributed by atoms with Crippen LogP contribution in [0.25, 0.3) is 11.0 Å². The molecule has 1 saturated heterocycles. The second-order valence-corrected chi connectivity index (χ2v) is 5.45. The van der Waals surface area contributed by atoms with Gasteiger partial charge in [-0.2, -0.15) is 5.10 Å². The summed E-state index contributed by atoms with van der Waals surface area (Å²) in [6.07, 6.45) is 2.34. The summed E-state index contributed by atoms with van der Waals surface area (Å²) >= 11 is 0. The fourth-order valence-electron chi connectivity index (χ4n) is 2.46. The van der Waals surface area contributed by atoms with Crippen molar-refractivity contribution in [1.29, 1.82) is 0 Å². The minimum atomic E-state index is -0.260. The van der Waals surface area contributed by atoms with E-state index >= 15 is 0 Å². The van der Waals surface area contributed by atoms with Gasteiger partial charge in [0, 0.05) is 26.1 Å². The summed E-state index contributed by atoms with van der Waals surface area (Å²) in [5.74, 6) is 2.00. The molecule has 0 bridgehead atoms. The van der Waals surface area contributed by atoms with Crippen molar-refractivity contribution in [3.63, 3.8) is 0 Å². The molecular weight excluding hydrogens is 242 g/mol. The second-order valence-electron chi connectivity index (χ2n) is 5.45. The highest BCUT2D eigenvalue weighted by atomic mass is 16.3. The summed E-state index contributed by atoms with van der Waals surface area (Å²) in [4.78, 5) is 11.4. The van der Waals surface area contributed by atoms with Gasteiger partial charge >= 0.3 is 0 Å². The number of fused-ring (bicyclic) bond motifs is 1. The Morgan fingerprint density at radius 2 is 2.16 bits per heavy atom. The second kappa shape index (κ2) is 4.45. The number of aliphatic hydroxyl groups is 1. The summed E-state index contributed by atoms with van der Waals surface area (Å²) in [6.45, 7) is 5.64. The Labute approximate surface area is 112 Å². The van der Waals surface area contributed by atoms with Crippen LogP contribution in [0.1, 0.15) is 32.0 Å². The third-order valence-electron chi connectivity index (χ3n) is 3.57. The number of aliphatic hydroxyl groups excluding tert-OH is 1. The molecular formula is C13H19N5O. The van der Waals surface area contributed by atoms with E-state index in [-0.39, 0.29) is 12.0 Å². The summed E-state index contributed by atoms with van der Waals surface area (Å²) in [5.41, 5.74) is 0.857. The molecule has 102 valence electrons. The van der Waals surface area contributed by atoms with Gasteiger partial charge in [0.1, 0.15) is 11.6 Å². The van der Waals surface area contributed by atoms with E-state index in [1.165, 1.54) is 0 Å². The molecule has 0 spiro atoms. The van der Waals surface area contributed by atoms with E-state index in [1.54, 1.807) is 10.9 Å². The van der Waals surface area contributed by atoms with Crippen LogP contribution in [-0.4, -0.2) is 44.0 Å². The minimum absolute atomic E-state index is 0.260. The number of nitrogens with zero attached hydrogens (tertiary/aromatic N) is 5. The largest absolute Gasteiger partial charge is 0.391 e. The van der Waals surface area contributed by atoms with E-state index in [1.807, 2.05) is 7.05 Å². The van der Waals surface area contributed by atoms with Crippen molar-refractivity contribution in [2.45, 2.75) is 32.3 Å². The van der Waals surface area contributed by atoms with Crippen LogP contribution in [0, 0.1) is 0 Å². The summed E-state index contributed by atoms with van der Waals surface area (Å²) in [5, 5.41) is 14.9. The van der Waals surface area contributed by atoms with Crippen LogP contribution < -0.4 is 4.90 Å². The van der Waals surface area contributed by atoms with Crippen LogP contribution in [0.4, 0.5) is 5.82 Å². The van der Waals surface area contributed by atoms with Crippen LogP contribution in [0.2, 0.25) is 0 Å². The van der Waals surface area contributed by atoms with E-state index in [0.29, 0.717) is 6.54 Å². The average molecular weight is 261 g/mol. The molecule has 2 aromatic heterocycles. The first-order chi connectivity index (χ1) is 9.06. The van der Waals surface area contributed by atoms with Crippen molar-refractivity contribution < 1.29 is 5.11 Å². The fourth-order valence-corrected chi connectivity index (χ4v) is 2.46. The molecule has 1 fully saturated rings. The maximum atomic E-state index is 9.71. The molecule has 3 rings (SSSR count). The van der Waals surface area contributed by atoms with E-state index in [2.05, 4.69) is 33.8 Å². The van der Waals surface area contributed by atoms with Crippen LogP contribution in [0.3, 0.4) is 0 Å². The molecule has 0 amide bonds. The standard InChI is InChI=1S/C13H19N5O/c1-8(2)11-15-12-10(6-14-17(12)3)13(16-11)18-5-4-9(19)7-18/h6,8-9,19H,4-5,7H2,1-3H3/t9-/m0/s1. The van der Waals surface area contributed by atoms with Gasteiger partial charge in [0.2, 0.25) is 0 Å². The zero-order chi connectivity index (χ0) is 13.6. The Kier molecular flexibility index (Phi) is 2.89. The van der Waals surface area contributed by atoms with Gasteiger partial charge in [-0.25, -0.2) is 9.97 Å². The van der Waals surface area contributed by atoms with Gasteiger partial charge in [0.15, 0.2) is 5.65 Å². The number of β-amino-alcohol motifs (C(OH)–C–C–N with tert-alkyl or cyclic N) is 1. The predicted octanol–water partition coefficient (Wildman–Crippen LogP) is 1.06. The lowest BCUT2D eigenvalue weighted by Gasteiger charge is -2.18. The fraction of sp³-hybridized carbons (Fsp3) is 0.615. The highest BCUT2D eigenvalue weighted by Crippen LogP contribution is 2.28. The lowest BCUT2D eigenvalue weighted by molar-refractivity contribution is 0.198. The van der Waals surface area contributed by atoms with E-state index in [4.69, 9.17) is 0 Å². The number of aryl methyl sites for hydroxylation is 1. The maximum Gasteiger partial charge on any atom is 0.163 e. The minimum Gasteiger partial charge on any atom is -0.391 e. The molecule has 1 atom stereocenters. The quantitative estimate of drug-likeness (QED) is 0.875. The van der Waals surface area contributed by atoms with Gasteiger partial charge in [-0.3, -0.25) is 4.68 Å². The zero-order valence-corrected chi connectivity index (χ0v) is 11.5. The SMILES string of the molecule is CC(C)c1nc(N2CC[C@H](O)C2)c2cnn(C)c2n1. The number of hydrogen-bond acceptors (Lipinski definition) is 5. The first-order valence-corrected chi connectivity index (χ1v) is 6.69. The number of anilines is 1. The average Bonchev–Trinajstić information content (AvgIpc) is 2.95. The van der Waals surface area contributed by atoms with Crippen molar-refractivity contribution in [3.8, 4) is 0 Å². The summed E-state index contributed by atoms with van der Waals surface area (Å²) in [6, 6.07) is 0. The lowest BCUT2D eigenvalue weighted by atomic mass is 10.2. The Balaban J connectivity index is 2.15. The van der Waals surface area contributed by atoms with Crippen LogP contribution in [-0.2, 0) is 7.05 Å². The normalized spacial score (nSPS) is 19.8. The maximum absolute atomic E-state index is 9.71. The molecule has 0 aromatic carbocycles. The molecule has 0 radical (unpaired) electrons. The Hall–Kier alpha value is -1.69. The Morgan fingerprint density at radius 1 is 1.37 bits per heavy atom.